The van der Waals surface area contributed by atoms with E-state index in [4.69, 9.17) is 0 Å². The Bertz CT molecular complexity index is 494. The van der Waals surface area contributed by atoms with Gasteiger partial charge in [0.05, 0.1) is 0 Å². The van der Waals surface area contributed by atoms with Crippen LogP contribution >= 0.6 is 0 Å². The number of hydrogen-bond acceptors (Lipinski definition) is 1. The summed E-state index contributed by atoms with van der Waals surface area (Å²) in [5.41, 5.74) is 4.40. The van der Waals surface area contributed by atoms with Gasteiger partial charge in [-0.1, -0.05) is 67.9 Å². The highest BCUT2D eigenvalue weighted by molar-refractivity contribution is 5.33. The van der Waals surface area contributed by atoms with Gasteiger partial charge in [-0.2, -0.15) is 0 Å². The molecule has 0 saturated heterocycles. The first kappa shape index (κ1) is 12.8. The molecule has 18 heavy (non-hydrogen) atoms. The number of aliphatic hydroxyl groups excluding tert-OH is 1. The Morgan fingerprint density at radius 1 is 0.722 bits per heavy atom. The number of hydrogen-bond donors (Lipinski definition) is 1. The fourth-order valence-electron chi connectivity index (χ4n) is 2.00. The Morgan fingerprint density at radius 3 is 1.56 bits per heavy atom. The Labute approximate surface area is 109 Å². The summed E-state index contributed by atoms with van der Waals surface area (Å²) in [7, 11) is 0. The molecule has 1 unspecified atom stereocenters. The van der Waals surface area contributed by atoms with Gasteiger partial charge in [-0.05, 0) is 29.5 Å². The van der Waals surface area contributed by atoms with Gasteiger partial charge >= 0.3 is 0 Å². The largest absolute Gasteiger partial charge is 0.384 e. The van der Waals surface area contributed by atoms with Crippen LogP contribution in [0.5, 0.6) is 0 Å². The van der Waals surface area contributed by atoms with Crippen LogP contribution in [0.4, 0.5) is 0 Å². The molecule has 0 aliphatic rings. The fraction of sp³-hybridized carbons (Fsp3) is 0.294. The van der Waals surface area contributed by atoms with Gasteiger partial charge in [0.25, 0.3) is 0 Å². The molecular weight excluding hydrogens is 220 g/mol. The molecule has 1 atom stereocenters. The Morgan fingerprint density at radius 2 is 1.11 bits per heavy atom. The molecule has 0 aliphatic carbocycles. The molecule has 0 heterocycles. The molecule has 0 aromatic heterocycles. The summed E-state index contributed by atoms with van der Waals surface area (Å²) in [5.74, 6) is 0.524. The normalized spacial score (nSPS) is 12.7. The first-order valence-electron chi connectivity index (χ1n) is 6.42. The van der Waals surface area contributed by atoms with Crippen LogP contribution in [0.3, 0.4) is 0 Å². The molecule has 2 aromatic rings. The van der Waals surface area contributed by atoms with Crippen molar-refractivity contribution in [1.82, 2.24) is 0 Å². The summed E-state index contributed by atoms with van der Waals surface area (Å²) in [6, 6.07) is 16.2. The van der Waals surface area contributed by atoms with Gasteiger partial charge in [0.2, 0.25) is 0 Å². The van der Waals surface area contributed by atoms with Crippen molar-refractivity contribution in [2.45, 2.75) is 32.8 Å². The average molecular weight is 240 g/mol. The molecule has 0 radical (unpaired) electrons. The first-order chi connectivity index (χ1) is 8.58. The van der Waals surface area contributed by atoms with Crippen LogP contribution in [0.15, 0.2) is 48.5 Å². The number of aliphatic hydroxyl groups is 1. The van der Waals surface area contributed by atoms with Gasteiger partial charge in [-0.25, -0.2) is 0 Å². The van der Waals surface area contributed by atoms with Crippen molar-refractivity contribution < 1.29 is 5.11 Å². The Kier molecular flexibility index (Phi) is 3.83. The number of benzene rings is 2. The van der Waals surface area contributed by atoms with Crippen LogP contribution in [0.2, 0.25) is 0 Å². The zero-order valence-electron chi connectivity index (χ0n) is 11.2. The maximum Gasteiger partial charge on any atom is 0.104 e. The summed E-state index contributed by atoms with van der Waals surface area (Å²) in [4.78, 5) is 0. The molecule has 0 amide bonds. The molecule has 0 aliphatic heterocycles. The van der Waals surface area contributed by atoms with Gasteiger partial charge in [0, 0.05) is 0 Å². The van der Waals surface area contributed by atoms with E-state index >= 15 is 0 Å². The Hall–Kier alpha value is -1.60. The summed E-state index contributed by atoms with van der Waals surface area (Å²) in [6.45, 7) is 6.39. The second-order valence-corrected chi connectivity index (χ2v) is 5.13. The van der Waals surface area contributed by atoms with Crippen molar-refractivity contribution in [3.63, 3.8) is 0 Å². The third-order valence-electron chi connectivity index (χ3n) is 3.31. The quantitative estimate of drug-likeness (QED) is 0.852. The lowest BCUT2D eigenvalue weighted by molar-refractivity contribution is 0.220. The lowest BCUT2D eigenvalue weighted by atomic mass is 9.97. The molecule has 0 fully saturated rings. The maximum absolute atomic E-state index is 10.3. The molecule has 2 aromatic carbocycles. The molecule has 0 bridgehead atoms. The molecule has 94 valence electrons. The molecule has 0 spiro atoms. The smallest absolute Gasteiger partial charge is 0.104 e. The van der Waals surface area contributed by atoms with Gasteiger partial charge in [0.1, 0.15) is 6.10 Å². The van der Waals surface area contributed by atoms with E-state index in [0.717, 1.165) is 11.1 Å². The van der Waals surface area contributed by atoms with E-state index in [9.17, 15) is 5.11 Å². The zero-order chi connectivity index (χ0) is 13.1. The topological polar surface area (TPSA) is 20.2 Å². The van der Waals surface area contributed by atoms with Crippen LogP contribution < -0.4 is 0 Å². The monoisotopic (exact) mass is 240 g/mol. The number of aryl methyl sites for hydroxylation is 1. The van der Waals surface area contributed by atoms with Crippen LogP contribution in [0.25, 0.3) is 0 Å². The van der Waals surface area contributed by atoms with E-state index < -0.39 is 6.10 Å². The van der Waals surface area contributed by atoms with Crippen LogP contribution in [0, 0.1) is 6.92 Å². The SMILES string of the molecule is Cc1ccc(C(O)c2ccc(C(C)C)cc2)cc1. The van der Waals surface area contributed by atoms with Gasteiger partial charge in [-0.3, -0.25) is 0 Å². The second-order valence-electron chi connectivity index (χ2n) is 5.13. The van der Waals surface area contributed by atoms with E-state index in [0.29, 0.717) is 5.92 Å². The highest BCUT2D eigenvalue weighted by Gasteiger charge is 2.10. The lowest BCUT2D eigenvalue weighted by Crippen LogP contribution is -2.00. The minimum atomic E-state index is -0.535. The maximum atomic E-state index is 10.3. The fourth-order valence-corrected chi connectivity index (χ4v) is 2.00. The van der Waals surface area contributed by atoms with E-state index in [1.807, 2.05) is 43.3 Å². The van der Waals surface area contributed by atoms with Crippen molar-refractivity contribution in [3.05, 3.63) is 70.8 Å². The van der Waals surface area contributed by atoms with Gasteiger partial charge in [-0.15, -0.1) is 0 Å². The van der Waals surface area contributed by atoms with Crippen LogP contribution in [0.1, 0.15) is 48.1 Å². The predicted octanol–water partition coefficient (Wildman–Crippen LogP) is 4.20. The van der Waals surface area contributed by atoms with E-state index in [2.05, 4.69) is 26.0 Å². The predicted molar refractivity (Wildman–Crippen MR) is 75.8 cm³/mol. The highest BCUT2D eigenvalue weighted by atomic mass is 16.3. The summed E-state index contributed by atoms with van der Waals surface area (Å²) < 4.78 is 0. The zero-order valence-corrected chi connectivity index (χ0v) is 11.2. The van der Waals surface area contributed by atoms with Crippen molar-refractivity contribution in [2.24, 2.45) is 0 Å². The van der Waals surface area contributed by atoms with Crippen molar-refractivity contribution in [2.75, 3.05) is 0 Å². The minimum absolute atomic E-state index is 0.524. The van der Waals surface area contributed by atoms with Gasteiger partial charge < -0.3 is 5.11 Å². The second kappa shape index (κ2) is 5.36. The third-order valence-corrected chi connectivity index (χ3v) is 3.31. The van der Waals surface area contributed by atoms with E-state index in [-0.39, 0.29) is 0 Å². The molecule has 1 N–H and O–H groups in total. The Balaban J connectivity index is 2.23. The van der Waals surface area contributed by atoms with E-state index in [1.54, 1.807) is 0 Å². The molecular formula is C17H20O. The summed E-state index contributed by atoms with van der Waals surface area (Å²) in [6.07, 6.45) is -0.535. The van der Waals surface area contributed by atoms with Crippen molar-refractivity contribution in [1.29, 1.82) is 0 Å². The standard InChI is InChI=1S/C17H20O/c1-12(2)14-8-10-16(11-9-14)17(18)15-6-4-13(3)5-7-15/h4-12,17-18H,1-3H3. The summed E-state index contributed by atoms with van der Waals surface area (Å²) in [5, 5.41) is 10.3. The van der Waals surface area contributed by atoms with Crippen LogP contribution in [-0.2, 0) is 0 Å². The first-order valence-corrected chi connectivity index (χ1v) is 6.42. The average Bonchev–Trinajstić information content (AvgIpc) is 2.39. The lowest BCUT2D eigenvalue weighted by Gasteiger charge is -2.13. The van der Waals surface area contributed by atoms with Crippen molar-refractivity contribution >= 4 is 0 Å². The molecule has 1 nitrogen and oxygen atoms in total. The summed E-state index contributed by atoms with van der Waals surface area (Å²) >= 11 is 0. The highest BCUT2D eigenvalue weighted by Crippen LogP contribution is 2.24. The van der Waals surface area contributed by atoms with E-state index in [1.165, 1.54) is 11.1 Å². The van der Waals surface area contributed by atoms with Crippen molar-refractivity contribution in [3.8, 4) is 0 Å². The molecule has 1 heteroatoms. The number of rotatable bonds is 3. The molecule has 0 saturated carbocycles. The third kappa shape index (κ3) is 2.80. The minimum Gasteiger partial charge on any atom is -0.384 e. The van der Waals surface area contributed by atoms with Crippen LogP contribution in [-0.4, -0.2) is 5.11 Å². The molecule has 2 rings (SSSR count). The van der Waals surface area contributed by atoms with Gasteiger partial charge in [0.15, 0.2) is 0 Å².